The van der Waals surface area contributed by atoms with Gasteiger partial charge in [-0.25, -0.2) is 0 Å². The molecule has 1 saturated carbocycles. The minimum atomic E-state index is 0.506. The van der Waals surface area contributed by atoms with Crippen LogP contribution in [-0.4, -0.2) is 59.3 Å². The van der Waals surface area contributed by atoms with E-state index in [1.54, 1.807) is 6.20 Å². The summed E-state index contributed by atoms with van der Waals surface area (Å²) in [6, 6.07) is 8.98. The van der Waals surface area contributed by atoms with Crippen LogP contribution in [0.1, 0.15) is 32.1 Å². The molecule has 4 rings (SSSR count). The maximum absolute atomic E-state index is 4.57. The molecule has 2 heterocycles. The molecule has 1 aromatic heterocycles. The monoisotopic (exact) mass is 367 g/mol. The average Bonchev–Trinajstić information content (AvgIpc) is 2.70. The Kier molecular flexibility index (Phi) is 5.67. The molecule has 0 atom stereocenters. The molecule has 2 aliphatic rings. The van der Waals surface area contributed by atoms with Crippen LogP contribution in [0.4, 0.5) is 23.1 Å². The summed E-state index contributed by atoms with van der Waals surface area (Å²) in [4.78, 5) is 9.36. The fraction of sp³-hybridized carbons (Fsp3) is 0.550. The summed E-state index contributed by atoms with van der Waals surface area (Å²) in [5, 5.41) is 15.0. The van der Waals surface area contributed by atoms with Crippen LogP contribution in [0.2, 0.25) is 0 Å². The van der Waals surface area contributed by atoms with E-state index in [1.165, 1.54) is 37.8 Å². The van der Waals surface area contributed by atoms with Crippen molar-refractivity contribution in [2.45, 2.75) is 38.1 Å². The summed E-state index contributed by atoms with van der Waals surface area (Å²) >= 11 is 0. The first-order valence-corrected chi connectivity index (χ1v) is 10.0. The lowest BCUT2D eigenvalue weighted by Crippen LogP contribution is -2.44. The van der Waals surface area contributed by atoms with Gasteiger partial charge in [-0.3, -0.25) is 0 Å². The molecule has 1 aliphatic heterocycles. The van der Waals surface area contributed by atoms with Crippen molar-refractivity contribution in [2.75, 3.05) is 48.8 Å². The van der Waals surface area contributed by atoms with Crippen LogP contribution in [0.15, 0.2) is 30.5 Å². The van der Waals surface area contributed by atoms with Crippen LogP contribution >= 0.6 is 0 Å². The Hall–Kier alpha value is -2.41. The Morgan fingerprint density at radius 1 is 0.963 bits per heavy atom. The summed E-state index contributed by atoms with van der Waals surface area (Å²) in [6.07, 6.45) is 8.05. The van der Waals surface area contributed by atoms with E-state index in [-0.39, 0.29) is 0 Å². The Bertz CT molecular complexity index is 719. The number of piperazine rings is 1. The van der Waals surface area contributed by atoms with Gasteiger partial charge < -0.3 is 20.4 Å². The molecule has 0 bridgehead atoms. The van der Waals surface area contributed by atoms with E-state index < -0.39 is 0 Å². The van der Waals surface area contributed by atoms with E-state index in [0.29, 0.717) is 12.0 Å². The molecule has 7 nitrogen and oxygen atoms in total. The zero-order valence-electron chi connectivity index (χ0n) is 16.1. The quantitative estimate of drug-likeness (QED) is 0.841. The molecule has 2 fully saturated rings. The Balaban J connectivity index is 1.36. The maximum atomic E-state index is 4.57. The molecular formula is C20H29N7. The zero-order chi connectivity index (χ0) is 18.5. The van der Waals surface area contributed by atoms with Gasteiger partial charge in [0.25, 0.3) is 0 Å². The average molecular weight is 368 g/mol. The number of rotatable bonds is 5. The van der Waals surface area contributed by atoms with Gasteiger partial charge in [-0.05, 0) is 44.2 Å². The van der Waals surface area contributed by atoms with Crippen molar-refractivity contribution < 1.29 is 0 Å². The topological polar surface area (TPSA) is 69.2 Å². The molecule has 0 radical (unpaired) electrons. The number of nitrogens with one attached hydrogen (secondary N) is 2. The van der Waals surface area contributed by atoms with E-state index in [1.807, 2.05) is 0 Å². The molecule has 1 saturated heterocycles. The first-order valence-electron chi connectivity index (χ1n) is 10.0. The highest BCUT2D eigenvalue weighted by molar-refractivity contribution is 5.59. The number of likely N-dealkylation sites (N-methyl/N-ethyl adjacent to an activating group) is 1. The minimum absolute atomic E-state index is 0.506. The van der Waals surface area contributed by atoms with E-state index in [9.17, 15) is 0 Å². The van der Waals surface area contributed by atoms with Gasteiger partial charge in [-0.1, -0.05) is 19.3 Å². The summed E-state index contributed by atoms with van der Waals surface area (Å²) in [6.45, 7) is 4.37. The van der Waals surface area contributed by atoms with Crippen molar-refractivity contribution in [1.29, 1.82) is 0 Å². The molecular weight excluding hydrogens is 338 g/mol. The largest absolute Gasteiger partial charge is 0.369 e. The smallest absolute Gasteiger partial charge is 0.249 e. The summed E-state index contributed by atoms with van der Waals surface area (Å²) in [5.74, 6) is 1.33. The highest BCUT2D eigenvalue weighted by Gasteiger charge is 2.15. The molecule has 1 aliphatic carbocycles. The molecule has 27 heavy (non-hydrogen) atoms. The second-order valence-electron chi connectivity index (χ2n) is 7.61. The van der Waals surface area contributed by atoms with E-state index in [0.717, 1.165) is 37.7 Å². The summed E-state index contributed by atoms with van der Waals surface area (Å²) in [7, 11) is 2.18. The van der Waals surface area contributed by atoms with Crippen molar-refractivity contribution in [2.24, 2.45) is 0 Å². The van der Waals surface area contributed by atoms with Gasteiger partial charge in [0.1, 0.15) is 0 Å². The summed E-state index contributed by atoms with van der Waals surface area (Å²) in [5.41, 5.74) is 2.24. The number of nitrogens with zero attached hydrogens (tertiary/aromatic N) is 5. The lowest BCUT2D eigenvalue weighted by molar-refractivity contribution is 0.313. The third kappa shape index (κ3) is 4.86. The number of benzene rings is 1. The van der Waals surface area contributed by atoms with Gasteiger partial charge in [0.15, 0.2) is 5.82 Å². The van der Waals surface area contributed by atoms with Crippen molar-refractivity contribution in [1.82, 2.24) is 20.1 Å². The fourth-order valence-corrected chi connectivity index (χ4v) is 3.83. The van der Waals surface area contributed by atoms with Gasteiger partial charge in [-0.2, -0.15) is 10.1 Å². The van der Waals surface area contributed by atoms with E-state index in [2.05, 4.69) is 66.9 Å². The minimum Gasteiger partial charge on any atom is -0.369 e. The van der Waals surface area contributed by atoms with Crippen molar-refractivity contribution in [3.63, 3.8) is 0 Å². The zero-order valence-corrected chi connectivity index (χ0v) is 16.1. The standard InChI is InChI=1S/C20H29N7/c1-26-11-13-27(14-12-26)18-9-7-17(8-10-18)23-20-24-19(15-21-25-20)22-16-5-3-2-4-6-16/h7-10,15-16H,2-6,11-14H2,1H3,(H2,22,23,24,25). The number of hydrogen-bond acceptors (Lipinski definition) is 7. The van der Waals surface area contributed by atoms with Crippen molar-refractivity contribution in [3.05, 3.63) is 30.5 Å². The second-order valence-corrected chi connectivity index (χ2v) is 7.61. The van der Waals surface area contributed by atoms with Crippen LogP contribution in [0.3, 0.4) is 0 Å². The van der Waals surface area contributed by atoms with Crippen LogP contribution < -0.4 is 15.5 Å². The second kappa shape index (κ2) is 8.52. The normalized spacial score (nSPS) is 19.1. The molecule has 7 heteroatoms. The van der Waals surface area contributed by atoms with Gasteiger partial charge in [0.2, 0.25) is 5.95 Å². The number of aromatic nitrogens is 3. The molecule has 1 aromatic carbocycles. The highest BCUT2D eigenvalue weighted by Crippen LogP contribution is 2.23. The predicted octanol–water partition coefficient (Wildman–Crippen LogP) is 3.11. The Labute approximate surface area is 161 Å². The van der Waals surface area contributed by atoms with Crippen LogP contribution in [0.5, 0.6) is 0 Å². The number of hydrogen-bond donors (Lipinski definition) is 2. The SMILES string of the molecule is CN1CCN(c2ccc(Nc3nncc(NC4CCCCC4)n3)cc2)CC1. The van der Waals surface area contributed by atoms with Gasteiger partial charge in [-0.15, -0.1) is 5.10 Å². The highest BCUT2D eigenvalue weighted by atomic mass is 15.3. The molecule has 2 N–H and O–H groups in total. The van der Waals surface area contributed by atoms with E-state index >= 15 is 0 Å². The van der Waals surface area contributed by atoms with Gasteiger partial charge in [0.05, 0.1) is 6.20 Å². The lowest BCUT2D eigenvalue weighted by Gasteiger charge is -2.34. The third-order valence-corrected chi connectivity index (χ3v) is 5.51. The maximum Gasteiger partial charge on any atom is 0.249 e. The van der Waals surface area contributed by atoms with Gasteiger partial charge in [0, 0.05) is 43.6 Å². The first kappa shape index (κ1) is 18.0. The molecule has 0 unspecified atom stereocenters. The lowest BCUT2D eigenvalue weighted by atomic mass is 9.96. The van der Waals surface area contributed by atoms with Crippen LogP contribution in [0.25, 0.3) is 0 Å². The Morgan fingerprint density at radius 3 is 2.44 bits per heavy atom. The first-order chi connectivity index (χ1) is 13.3. The molecule has 144 valence electrons. The van der Waals surface area contributed by atoms with Gasteiger partial charge >= 0.3 is 0 Å². The van der Waals surface area contributed by atoms with Crippen molar-refractivity contribution >= 4 is 23.1 Å². The Morgan fingerprint density at radius 2 is 1.70 bits per heavy atom. The third-order valence-electron chi connectivity index (χ3n) is 5.51. The molecule has 0 spiro atoms. The summed E-state index contributed by atoms with van der Waals surface area (Å²) < 4.78 is 0. The fourth-order valence-electron chi connectivity index (χ4n) is 3.83. The number of anilines is 4. The molecule has 0 amide bonds. The predicted molar refractivity (Wildman–Crippen MR) is 110 cm³/mol. The van der Waals surface area contributed by atoms with Crippen LogP contribution in [-0.2, 0) is 0 Å². The molecule has 2 aromatic rings. The van der Waals surface area contributed by atoms with Crippen molar-refractivity contribution in [3.8, 4) is 0 Å². The van der Waals surface area contributed by atoms with E-state index in [4.69, 9.17) is 0 Å². The van der Waals surface area contributed by atoms with Crippen LogP contribution in [0, 0.1) is 0 Å².